The van der Waals surface area contributed by atoms with Crippen molar-refractivity contribution in [2.45, 2.75) is 24.4 Å². The molecular weight excluding hydrogens is 250 g/mol. The lowest BCUT2D eigenvalue weighted by atomic mass is 9.98. The van der Waals surface area contributed by atoms with E-state index in [4.69, 9.17) is 9.47 Å². The first kappa shape index (κ1) is 12.3. The highest BCUT2D eigenvalue weighted by Crippen LogP contribution is 2.39. The SMILES string of the molecule is COc1ccc([C@@H]2OC(=O)N3C[C@H](O)[C@@H](O)[C@@H]23)cc1. The molecule has 1 aromatic carbocycles. The molecule has 0 bridgehead atoms. The molecule has 2 fully saturated rings. The molecule has 2 N–H and O–H groups in total. The van der Waals surface area contributed by atoms with Crippen LogP contribution < -0.4 is 4.74 Å². The Bertz CT molecular complexity index is 488. The number of methoxy groups -OCH3 is 1. The van der Waals surface area contributed by atoms with Crippen molar-refractivity contribution in [1.82, 2.24) is 4.90 Å². The first-order valence-electron chi connectivity index (χ1n) is 6.09. The van der Waals surface area contributed by atoms with Gasteiger partial charge in [0.1, 0.15) is 17.9 Å². The second-order valence-corrected chi connectivity index (χ2v) is 4.78. The van der Waals surface area contributed by atoms with Crippen LogP contribution >= 0.6 is 0 Å². The van der Waals surface area contributed by atoms with Crippen LogP contribution in [-0.2, 0) is 4.74 Å². The number of nitrogens with zero attached hydrogens (tertiary/aromatic N) is 1. The number of cyclic esters (lactones) is 1. The lowest BCUT2D eigenvalue weighted by Gasteiger charge is -2.20. The number of rotatable bonds is 2. The summed E-state index contributed by atoms with van der Waals surface area (Å²) in [6.45, 7) is 0.108. The van der Waals surface area contributed by atoms with Gasteiger partial charge in [-0.25, -0.2) is 4.79 Å². The Balaban J connectivity index is 1.89. The monoisotopic (exact) mass is 265 g/mol. The minimum absolute atomic E-state index is 0.108. The molecule has 2 aliphatic heterocycles. The molecule has 6 nitrogen and oxygen atoms in total. The van der Waals surface area contributed by atoms with Crippen LogP contribution in [0.4, 0.5) is 4.79 Å². The van der Waals surface area contributed by atoms with Gasteiger partial charge in [0, 0.05) is 0 Å². The maximum Gasteiger partial charge on any atom is 0.411 e. The Morgan fingerprint density at radius 1 is 1.32 bits per heavy atom. The number of benzene rings is 1. The third-order valence-electron chi connectivity index (χ3n) is 3.70. The van der Waals surface area contributed by atoms with E-state index in [1.165, 1.54) is 4.90 Å². The zero-order chi connectivity index (χ0) is 13.6. The van der Waals surface area contributed by atoms with Crippen LogP contribution in [0.5, 0.6) is 5.75 Å². The van der Waals surface area contributed by atoms with Crippen molar-refractivity contribution < 1.29 is 24.5 Å². The second kappa shape index (κ2) is 4.40. The largest absolute Gasteiger partial charge is 0.497 e. The van der Waals surface area contributed by atoms with Crippen molar-refractivity contribution in [3.63, 3.8) is 0 Å². The molecular formula is C13H15NO5. The first-order valence-corrected chi connectivity index (χ1v) is 6.09. The quantitative estimate of drug-likeness (QED) is 0.803. The highest BCUT2D eigenvalue weighted by atomic mass is 16.6. The van der Waals surface area contributed by atoms with Crippen molar-refractivity contribution >= 4 is 6.09 Å². The zero-order valence-corrected chi connectivity index (χ0v) is 10.4. The molecule has 2 aliphatic rings. The van der Waals surface area contributed by atoms with E-state index < -0.39 is 30.4 Å². The average Bonchev–Trinajstić information content (AvgIpc) is 2.90. The summed E-state index contributed by atoms with van der Waals surface area (Å²) >= 11 is 0. The molecule has 0 aliphatic carbocycles. The lowest BCUT2D eigenvalue weighted by Crippen LogP contribution is -2.35. The number of carbonyl (C=O) groups is 1. The summed E-state index contributed by atoms with van der Waals surface area (Å²) in [5.74, 6) is 0.705. The maximum atomic E-state index is 11.7. The third kappa shape index (κ3) is 1.84. The fraction of sp³-hybridized carbons (Fsp3) is 0.462. The molecule has 19 heavy (non-hydrogen) atoms. The van der Waals surface area contributed by atoms with E-state index in [-0.39, 0.29) is 6.54 Å². The minimum Gasteiger partial charge on any atom is -0.497 e. The van der Waals surface area contributed by atoms with Crippen molar-refractivity contribution in [2.24, 2.45) is 0 Å². The number of carbonyl (C=O) groups excluding carboxylic acids is 1. The van der Waals surface area contributed by atoms with Gasteiger partial charge < -0.3 is 19.7 Å². The van der Waals surface area contributed by atoms with E-state index in [1.807, 2.05) is 0 Å². The molecule has 6 heteroatoms. The molecule has 1 aromatic rings. The van der Waals surface area contributed by atoms with Gasteiger partial charge in [-0.3, -0.25) is 4.90 Å². The van der Waals surface area contributed by atoms with Gasteiger partial charge in [-0.1, -0.05) is 12.1 Å². The summed E-state index contributed by atoms with van der Waals surface area (Å²) in [5.41, 5.74) is 0.773. The van der Waals surface area contributed by atoms with Crippen LogP contribution in [0, 0.1) is 0 Å². The van der Waals surface area contributed by atoms with E-state index in [9.17, 15) is 15.0 Å². The average molecular weight is 265 g/mol. The number of ether oxygens (including phenoxy) is 2. The fourth-order valence-corrected chi connectivity index (χ4v) is 2.69. The Kier molecular flexibility index (Phi) is 2.83. The third-order valence-corrected chi connectivity index (χ3v) is 3.70. The predicted octanol–water partition coefficient (Wildman–Crippen LogP) is 0.293. The van der Waals surface area contributed by atoms with Gasteiger partial charge in [0.05, 0.1) is 19.8 Å². The van der Waals surface area contributed by atoms with E-state index in [2.05, 4.69) is 0 Å². The van der Waals surface area contributed by atoms with E-state index in [1.54, 1.807) is 31.4 Å². The molecule has 0 aromatic heterocycles. The zero-order valence-electron chi connectivity index (χ0n) is 10.4. The summed E-state index contributed by atoms with van der Waals surface area (Å²) in [4.78, 5) is 13.1. The van der Waals surface area contributed by atoms with Crippen molar-refractivity contribution in [3.8, 4) is 5.75 Å². The second-order valence-electron chi connectivity index (χ2n) is 4.78. The Morgan fingerprint density at radius 3 is 2.63 bits per heavy atom. The molecule has 3 rings (SSSR count). The number of fused-ring (bicyclic) bond motifs is 1. The molecule has 0 spiro atoms. The maximum absolute atomic E-state index is 11.7. The van der Waals surface area contributed by atoms with Crippen molar-refractivity contribution in [1.29, 1.82) is 0 Å². The summed E-state index contributed by atoms with van der Waals surface area (Å²) in [5, 5.41) is 19.6. The smallest absolute Gasteiger partial charge is 0.411 e. The Morgan fingerprint density at radius 2 is 2.00 bits per heavy atom. The van der Waals surface area contributed by atoms with E-state index >= 15 is 0 Å². The highest BCUT2D eigenvalue weighted by Gasteiger charge is 2.53. The van der Waals surface area contributed by atoms with E-state index in [0.29, 0.717) is 5.75 Å². The number of hydrogen-bond donors (Lipinski definition) is 2. The molecule has 0 radical (unpaired) electrons. The Hall–Kier alpha value is -1.79. The van der Waals surface area contributed by atoms with Gasteiger partial charge in [0.15, 0.2) is 6.10 Å². The van der Waals surface area contributed by atoms with E-state index in [0.717, 1.165) is 5.56 Å². The molecule has 1 amide bonds. The van der Waals surface area contributed by atoms with Crippen LogP contribution in [0.15, 0.2) is 24.3 Å². The van der Waals surface area contributed by atoms with Gasteiger partial charge in [-0.15, -0.1) is 0 Å². The van der Waals surface area contributed by atoms with Crippen LogP contribution in [0.3, 0.4) is 0 Å². The first-order chi connectivity index (χ1) is 9.11. The normalized spacial score (nSPS) is 33.2. The highest BCUT2D eigenvalue weighted by molar-refractivity contribution is 5.72. The number of amides is 1. The van der Waals surface area contributed by atoms with Crippen molar-refractivity contribution in [2.75, 3.05) is 13.7 Å². The molecule has 0 unspecified atom stereocenters. The van der Waals surface area contributed by atoms with Gasteiger partial charge in [-0.05, 0) is 17.7 Å². The number of hydrogen-bond acceptors (Lipinski definition) is 5. The topological polar surface area (TPSA) is 79.2 Å². The van der Waals surface area contributed by atoms with Gasteiger partial charge in [-0.2, -0.15) is 0 Å². The molecule has 0 saturated carbocycles. The molecule has 2 saturated heterocycles. The Labute approximate surface area is 110 Å². The minimum atomic E-state index is -0.987. The van der Waals surface area contributed by atoms with Crippen LogP contribution in [0.25, 0.3) is 0 Å². The molecule has 4 atom stereocenters. The predicted molar refractivity (Wildman–Crippen MR) is 64.7 cm³/mol. The standard InChI is InChI=1S/C13H15NO5/c1-18-8-4-2-7(3-5-8)12-10-11(16)9(15)6-14(10)13(17)19-12/h2-5,9-12,15-16H,6H2,1H3/t9-,10-,11+,12-/m0/s1. The van der Waals surface area contributed by atoms with Gasteiger partial charge in [0.25, 0.3) is 0 Å². The lowest BCUT2D eigenvalue weighted by molar-refractivity contribution is 0.0139. The fourth-order valence-electron chi connectivity index (χ4n) is 2.69. The molecule has 2 heterocycles. The number of aliphatic hydroxyl groups excluding tert-OH is 2. The van der Waals surface area contributed by atoms with Crippen LogP contribution in [-0.4, -0.2) is 53.1 Å². The van der Waals surface area contributed by atoms with Crippen LogP contribution in [0.2, 0.25) is 0 Å². The number of aliphatic hydroxyl groups is 2. The summed E-state index contributed by atoms with van der Waals surface area (Å²) in [7, 11) is 1.57. The molecule has 102 valence electrons. The summed E-state index contributed by atoms with van der Waals surface area (Å²) in [6.07, 6.45) is -2.97. The van der Waals surface area contributed by atoms with Gasteiger partial charge >= 0.3 is 6.09 Å². The van der Waals surface area contributed by atoms with Gasteiger partial charge in [0.2, 0.25) is 0 Å². The van der Waals surface area contributed by atoms with Crippen molar-refractivity contribution in [3.05, 3.63) is 29.8 Å². The summed E-state index contributed by atoms with van der Waals surface area (Å²) in [6, 6.07) is 6.58. The summed E-state index contributed by atoms with van der Waals surface area (Å²) < 4.78 is 10.4. The van der Waals surface area contributed by atoms with Crippen LogP contribution in [0.1, 0.15) is 11.7 Å².